The van der Waals surface area contributed by atoms with E-state index in [0.717, 1.165) is 25.7 Å². The number of ether oxygens (including phenoxy) is 1. The molecule has 1 aromatic heterocycles. The summed E-state index contributed by atoms with van der Waals surface area (Å²) in [6.45, 7) is 1.86. The maximum Gasteiger partial charge on any atom is 0.213 e. The van der Waals surface area contributed by atoms with Crippen LogP contribution in [0.25, 0.3) is 0 Å². The SMILES string of the molecule is NC(=NCCS(=O)(=O)NCC1CCCCO1)NCCc1cccs1. The van der Waals surface area contributed by atoms with E-state index in [4.69, 9.17) is 10.5 Å². The van der Waals surface area contributed by atoms with Crippen molar-refractivity contribution >= 4 is 27.3 Å². The zero-order valence-corrected chi connectivity index (χ0v) is 15.4. The molecule has 0 bridgehead atoms. The summed E-state index contributed by atoms with van der Waals surface area (Å²) in [7, 11) is -3.35. The second kappa shape index (κ2) is 9.97. The molecule has 24 heavy (non-hydrogen) atoms. The second-order valence-corrected chi connectivity index (χ2v) is 8.64. The summed E-state index contributed by atoms with van der Waals surface area (Å²) in [6.07, 6.45) is 3.90. The lowest BCUT2D eigenvalue weighted by molar-refractivity contribution is 0.0200. The van der Waals surface area contributed by atoms with Gasteiger partial charge in [-0.2, -0.15) is 0 Å². The molecule has 136 valence electrons. The van der Waals surface area contributed by atoms with Gasteiger partial charge in [-0.25, -0.2) is 13.1 Å². The highest BCUT2D eigenvalue weighted by molar-refractivity contribution is 7.89. The molecule has 2 heterocycles. The second-order valence-electron chi connectivity index (χ2n) is 5.68. The van der Waals surface area contributed by atoms with E-state index in [-0.39, 0.29) is 24.4 Å². The largest absolute Gasteiger partial charge is 0.377 e. The average molecular weight is 375 g/mol. The predicted octanol–water partition coefficient (Wildman–Crippen LogP) is 0.683. The Morgan fingerprint density at radius 2 is 2.33 bits per heavy atom. The van der Waals surface area contributed by atoms with Gasteiger partial charge in [0.1, 0.15) is 0 Å². The summed E-state index contributed by atoms with van der Waals surface area (Å²) >= 11 is 1.69. The molecule has 2 rings (SSSR count). The molecular weight excluding hydrogens is 348 g/mol. The fraction of sp³-hybridized carbons (Fsp3) is 0.667. The van der Waals surface area contributed by atoms with Crippen molar-refractivity contribution < 1.29 is 13.2 Å². The van der Waals surface area contributed by atoms with Gasteiger partial charge in [0.15, 0.2) is 5.96 Å². The van der Waals surface area contributed by atoms with E-state index < -0.39 is 10.0 Å². The third kappa shape index (κ3) is 7.61. The molecule has 1 aromatic rings. The van der Waals surface area contributed by atoms with Gasteiger partial charge in [-0.05, 0) is 37.1 Å². The first kappa shape index (κ1) is 19.2. The van der Waals surface area contributed by atoms with E-state index in [1.165, 1.54) is 4.88 Å². The number of hydrogen-bond acceptors (Lipinski definition) is 5. The molecule has 0 radical (unpaired) electrons. The van der Waals surface area contributed by atoms with Crippen molar-refractivity contribution in [3.05, 3.63) is 22.4 Å². The predicted molar refractivity (Wildman–Crippen MR) is 97.9 cm³/mol. The molecule has 9 heteroatoms. The Morgan fingerprint density at radius 1 is 1.46 bits per heavy atom. The molecule has 1 aliphatic rings. The van der Waals surface area contributed by atoms with Crippen LogP contribution in [0, 0.1) is 0 Å². The molecule has 0 aromatic carbocycles. The van der Waals surface area contributed by atoms with Crippen LogP contribution in [-0.4, -0.2) is 52.5 Å². The Bertz CT molecular complexity index is 596. The number of nitrogens with one attached hydrogen (secondary N) is 2. The minimum absolute atomic E-state index is 0.0129. The summed E-state index contributed by atoms with van der Waals surface area (Å²) in [5.74, 6) is 0.199. The highest BCUT2D eigenvalue weighted by Gasteiger charge is 2.17. The van der Waals surface area contributed by atoms with E-state index in [1.54, 1.807) is 11.3 Å². The summed E-state index contributed by atoms with van der Waals surface area (Å²) in [5.41, 5.74) is 5.74. The van der Waals surface area contributed by atoms with Crippen molar-refractivity contribution in [2.75, 3.05) is 32.0 Å². The first-order chi connectivity index (χ1) is 11.6. The average Bonchev–Trinajstić information content (AvgIpc) is 3.07. The molecule has 0 spiro atoms. The van der Waals surface area contributed by atoms with Crippen LogP contribution in [-0.2, 0) is 21.2 Å². The minimum atomic E-state index is -3.35. The van der Waals surface area contributed by atoms with Gasteiger partial charge in [0.2, 0.25) is 10.0 Å². The summed E-state index contributed by atoms with van der Waals surface area (Å²) in [6, 6.07) is 4.07. The number of sulfonamides is 1. The van der Waals surface area contributed by atoms with Crippen LogP contribution >= 0.6 is 11.3 Å². The number of aliphatic imine (C=N–C) groups is 1. The van der Waals surface area contributed by atoms with E-state index in [0.29, 0.717) is 19.7 Å². The lowest BCUT2D eigenvalue weighted by atomic mass is 10.1. The summed E-state index contributed by atoms with van der Waals surface area (Å²) in [5, 5.41) is 5.02. The molecule has 1 unspecified atom stereocenters. The molecule has 1 saturated heterocycles. The van der Waals surface area contributed by atoms with Crippen LogP contribution in [0.2, 0.25) is 0 Å². The monoisotopic (exact) mass is 374 g/mol. The standard InChI is InChI=1S/C15H26N4O3S2/c16-15(17-7-6-14-5-3-10-23-14)18-8-11-24(20,21)19-12-13-4-1-2-9-22-13/h3,5,10,13,19H,1-2,4,6-9,11-12H2,(H3,16,17,18). The Kier molecular flexibility index (Phi) is 7.97. The molecular formula is C15H26N4O3S2. The third-order valence-electron chi connectivity index (χ3n) is 3.70. The number of rotatable bonds is 9. The van der Waals surface area contributed by atoms with E-state index >= 15 is 0 Å². The summed E-state index contributed by atoms with van der Waals surface area (Å²) in [4.78, 5) is 5.33. The van der Waals surface area contributed by atoms with Crippen molar-refractivity contribution in [2.24, 2.45) is 10.7 Å². The van der Waals surface area contributed by atoms with Gasteiger partial charge in [0.05, 0.1) is 18.4 Å². The quantitative estimate of drug-likeness (QED) is 0.435. The van der Waals surface area contributed by atoms with Gasteiger partial charge in [0.25, 0.3) is 0 Å². The Morgan fingerprint density at radius 3 is 3.04 bits per heavy atom. The Hall–Kier alpha value is -1.16. The highest BCUT2D eigenvalue weighted by atomic mass is 32.2. The number of nitrogens with two attached hydrogens (primary N) is 1. The number of nitrogens with zero attached hydrogens (tertiary/aromatic N) is 1. The van der Waals surface area contributed by atoms with Crippen LogP contribution < -0.4 is 15.8 Å². The smallest absolute Gasteiger partial charge is 0.213 e. The molecule has 1 aliphatic heterocycles. The molecule has 1 fully saturated rings. The summed E-state index contributed by atoms with van der Waals surface area (Å²) < 4.78 is 31.9. The van der Waals surface area contributed by atoms with Crippen LogP contribution in [0.4, 0.5) is 0 Å². The molecule has 0 amide bonds. The van der Waals surface area contributed by atoms with E-state index in [9.17, 15) is 8.42 Å². The Balaban J connectivity index is 1.61. The minimum Gasteiger partial charge on any atom is -0.377 e. The maximum atomic E-state index is 11.9. The van der Waals surface area contributed by atoms with Gasteiger partial charge >= 0.3 is 0 Å². The first-order valence-corrected chi connectivity index (χ1v) is 10.7. The fourth-order valence-electron chi connectivity index (χ4n) is 2.37. The van der Waals surface area contributed by atoms with Crippen LogP contribution in [0.3, 0.4) is 0 Å². The fourth-order valence-corrected chi connectivity index (χ4v) is 4.00. The third-order valence-corrected chi connectivity index (χ3v) is 5.97. The molecule has 4 N–H and O–H groups in total. The molecule has 7 nitrogen and oxygen atoms in total. The number of thiophene rings is 1. The molecule has 1 atom stereocenters. The lowest BCUT2D eigenvalue weighted by Crippen LogP contribution is -2.37. The number of guanidine groups is 1. The normalized spacial score (nSPS) is 19.3. The first-order valence-electron chi connectivity index (χ1n) is 8.20. The van der Waals surface area contributed by atoms with Gasteiger partial charge < -0.3 is 15.8 Å². The van der Waals surface area contributed by atoms with Crippen molar-refractivity contribution in [1.29, 1.82) is 0 Å². The van der Waals surface area contributed by atoms with Gasteiger partial charge in [-0.15, -0.1) is 11.3 Å². The molecule has 0 saturated carbocycles. The van der Waals surface area contributed by atoms with Gasteiger partial charge in [-0.3, -0.25) is 4.99 Å². The highest BCUT2D eigenvalue weighted by Crippen LogP contribution is 2.11. The lowest BCUT2D eigenvalue weighted by Gasteiger charge is -2.22. The topological polar surface area (TPSA) is 106 Å². The maximum absolute atomic E-state index is 11.9. The van der Waals surface area contributed by atoms with Crippen molar-refractivity contribution in [3.8, 4) is 0 Å². The van der Waals surface area contributed by atoms with E-state index in [2.05, 4.69) is 21.1 Å². The van der Waals surface area contributed by atoms with Gasteiger partial charge in [-0.1, -0.05) is 6.07 Å². The number of hydrogen-bond donors (Lipinski definition) is 3. The zero-order valence-electron chi connectivity index (χ0n) is 13.7. The van der Waals surface area contributed by atoms with Gasteiger partial charge in [0, 0.05) is 24.6 Å². The van der Waals surface area contributed by atoms with Crippen molar-refractivity contribution in [2.45, 2.75) is 31.8 Å². The Labute approximate surface area is 147 Å². The van der Waals surface area contributed by atoms with Crippen LogP contribution in [0.15, 0.2) is 22.5 Å². The van der Waals surface area contributed by atoms with Crippen LogP contribution in [0.5, 0.6) is 0 Å². The van der Waals surface area contributed by atoms with Crippen molar-refractivity contribution in [3.63, 3.8) is 0 Å². The molecule has 0 aliphatic carbocycles. The van der Waals surface area contributed by atoms with Crippen molar-refractivity contribution in [1.82, 2.24) is 10.0 Å². The van der Waals surface area contributed by atoms with Crippen LogP contribution in [0.1, 0.15) is 24.1 Å². The zero-order chi connectivity index (χ0) is 17.3. The van der Waals surface area contributed by atoms with E-state index in [1.807, 2.05) is 11.4 Å².